The second-order valence-corrected chi connectivity index (χ2v) is 2.81. The Hall–Kier alpha value is -1.64. The van der Waals surface area contributed by atoms with E-state index in [1.807, 2.05) is 19.1 Å². The molecule has 1 heterocycles. The van der Waals surface area contributed by atoms with Crippen LogP contribution in [0.1, 0.15) is 17.5 Å². The van der Waals surface area contributed by atoms with E-state index >= 15 is 0 Å². The van der Waals surface area contributed by atoms with Crippen LogP contribution in [-0.2, 0) is 4.79 Å². The van der Waals surface area contributed by atoms with E-state index in [9.17, 15) is 4.79 Å². The minimum Gasteiger partial charge on any atom is -0.369 e. The summed E-state index contributed by atoms with van der Waals surface area (Å²) < 4.78 is 0. The van der Waals surface area contributed by atoms with Gasteiger partial charge in [0, 0.05) is 18.8 Å². The van der Waals surface area contributed by atoms with Gasteiger partial charge in [0.2, 0.25) is 5.91 Å². The van der Waals surface area contributed by atoms with Gasteiger partial charge in [0.15, 0.2) is 0 Å². The summed E-state index contributed by atoms with van der Waals surface area (Å²) in [5.41, 5.74) is 7.14. The first-order valence-electron chi connectivity index (χ1n) is 4.05. The van der Waals surface area contributed by atoms with Crippen molar-refractivity contribution in [2.45, 2.75) is 13.3 Å². The Morgan fingerprint density at radius 1 is 1.69 bits per heavy atom. The lowest BCUT2D eigenvalue weighted by molar-refractivity contribution is -0.117. The molecule has 0 saturated heterocycles. The molecule has 0 fully saturated rings. The zero-order chi connectivity index (χ0) is 9.68. The van der Waals surface area contributed by atoms with Crippen LogP contribution in [0.5, 0.6) is 0 Å². The molecular weight excluding hydrogens is 164 g/mol. The van der Waals surface area contributed by atoms with Crippen LogP contribution in [-0.4, -0.2) is 10.9 Å². The Morgan fingerprint density at radius 3 is 3.08 bits per heavy atom. The molecule has 0 aliphatic rings. The molecule has 68 valence electrons. The van der Waals surface area contributed by atoms with Crippen molar-refractivity contribution in [2.75, 3.05) is 0 Å². The predicted octanol–water partition coefficient (Wildman–Crippen LogP) is 1.28. The lowest BCUT2D eigenvalue weighted by Gasteiger charge is -1.96. The van der Waals surface area contributed by atoms with Crippen molar-refractivity contribution in [1.82, 2.24) is 4.98 Å². The highest BCUT2D eigenvalue weighted by Crippen LogP contribution is 2.06. The van der Waals surface area contributed by atoms with E-state index < -0.39 is 0 Å². The molecule has 0 aliphatic heterocycles. The Balaban J connectivity index is 2.68. The molecule has 1 aromatic heterocycles. The summed E-state index contributed by atoms with van der Waals surface area (Å²) in [5.74, 6) is -0.321. The molecule has 0 radical (unpaired) electrons. The van der Waals surface area contributed by atoms with E-state index in [4.69, 9.17) is 5.73 Å². The van der Waals surface area contributed by atoms with Crippen LogP contribution in [0.2, 0.25) is 0 Å². The number of hydrogen-bond donors (Lipinski definition) is 1. The summed E-state index contributed by atoms with van der Waals surface area (Å²) in [6, 6.07) is 1.92. The van der Waals surface area contributed by atoms with Crippen LogP contribution in [0.4, 0.5) is 0 Å². The molecule has 1 rings (SSSR count). The molecule has 0 aromatic carbocycles. The third-order valence-electron chi connectivity index (χ3n) is 1.70. The summed E-state index contributed by atoms with van der Waals surface area (Å²) in [7, 11) is 0. The van der Waals surface area contributed by atoms with E-state index in [0.717, 1.165) is 11.1 Å². The van der Waals surface area contributed by atoms with Gasteiger partial charge in [-0.1, -0.05) is 12.2 Å². The van der Waals surface area contributed by atoms with Crippen molar-refractivity contribution in [3.63, 3.8) is 0 Å². The Labute approximate surface area is 77.3 Å². The smallest absolute Gasteiger partial charge is 0.221 e. The van der Waals surface area contributed by atoms with Gasteiger partial charge in [0.05, 0.1) is 0 Å². The Morgan fingerprint density at radius 2 is 2.46 bits per heavy atom. The van der Waals surface area contributed by atoms with Gasteiger partial charge in [-0.15, -0.1) is 0 Å². The summed E-state index contributed by atoms with van der Waals surface area (Å²) in [6.45, 7) is 1.99. The summed E-state index contributed by atoms with van der Waals surface area (Å²) in [4.78, 5) is 14.4. The molecule has 0 bridgehead atoms. The van der Waals surface area contributed by atoms with E-state index in [0.29, 0.717) is 0 Å². The Bertz CT molecular complexity index is 331. The van der Waals surface area contributed by atoms with E-state index in [2.05, 4.69) is 4.98 Å². The quantitative estimate of drug-likeness (QED) is 0.754. The number of nitrogens with zero attached hydrogens (tertiary/aromatic N) is 1. The SMILES string of the molecule is Cc1ccncc1C=CCC(N)=O. The maximum absolute atomic E-state index is 10.4. The second-order valence-electron chi connectivity index (χ2n) is 2.81. The number of pyridine rings is 1. The predicted molar refractivity (Wildman–Crippen MR) is 51.8 cm³/mol. The van der Waals surface area contributed by atoms with Crippen LogP contribution >= 0.6 is 0 Å². The molecule has 0 unspecified atom stereocenters. The van der Waals surface area contributed by atoms with Gasteiger partial charge in [-0.25, -0.2) is 0 Å². The van der Waals surface area contributed by atoms with Crippen molar-refractivity contribution < 1.29 is 4.79 Å². The first kappa shape index (κ1) is 9.45. The second kappa shape index (κ2) is 4.40. The number of carbonyl (C=O) groups is 1. The molecule has 13 heavy (non-hydrogen) atoms. The van der Waals surface area contributed by atoms with Gasteiger partial charge < -0.3 is 5.73 Å². The number of nitrogens with two attached hydrogens (primary N) is 1. The van der Waals surface area contributed by atoms with E-state index in [-0.39, 0.29) is 12.3 Å². The van der Waals surface area contributed by atoms with Gasteiger partial charge >= 0.3 is 0 Å². The monoisotopic (exact) mass is 176 g/mol. The van der Waals surface area contributed by atoms with Crippen LogP contribution < -0.4 is 5.73 Å². The third-order valence-corrected chi connectivity index (χ3v) is 1.70. The average molecular weight is 176 g/mol. The molecule has 0 aliphatic carbocycles. The van der Waals surface area contributed by atoms with Crippen LogP contribution in [0.25, 0.3) is 6.08 Å². The van der Waals surface area contributed by atoms with Gasteiger partial charge in [-0.3, -0.25) is 9.78 Å². The van der Waals surface area contributed by atoms with E-state index in [1.165, 1.54) is 0 Å². The summed E-state index contributed by atoms with van der Waals surface area (Å²) in [6.07, 6.45) is 7.36. The molecular formula is C10H12N2O. The van der Waals surface area contributed by atoms with Gasteiger partial charge in [-0.05, 0) is 24.1 Å². The number of rotatable bonds is 3. The van der Waals surface area contributed by atoms with Gasteiger partial charge in [-0.2, -0.15) is 0 Å². The van der Waals surface area contributed by atoms with Crippen molar-refractivity contribution >= 4 is 12.0 Å². The molecule has 1 amide bonds. The topological polar surface area (TPSA) is 56.0 Å². The number of aryl methyl sites for hydroxylation is 1. The fourth-order valence-corrected chi connectivity index (χ4v) is 0.953. The molecule has 1 aromatic rings. The highest BCUT2D eigenvalue weighted by atomic mass is 16.1. The van der Waals surface area contributed by atoms with Crippen molar-refractivity contribution in [3.8, 4) is 0 Å². The molecule has 0 spiro atoms. The van der Waals surface area contributed by atoms with Crippen molar-refractivity contribution in [3.05, 3.63) is 35.7 Å². The molecule has 0 atom stereocenters. The summed E-state index contributed by atoms with van der Waals surface area (Å²) in [5, 5.41) is 0. The molecule has 3 heteroatoms. The van der Waals surface area contributed by atoms with Gasteiger partial charge in [0.25, 0.3) is 0 Å². The van der Waals surface area contributed by atoms with Crippen LogP contribution in [0, 0.1) is 6.92 Å². The molecule has 3 nitrogen and oxygen atoms in total. The van der Waals surface area contributed by atoms with Crippen LogP contribution in [0.3, 0.4) is 0 Å². The van der Waals surface area contributed by atoms with Crippen molar-refractivity contribution in [2.24, 2.45) is 5.73 Å². The highest BCUT2D eigenvalue weighted by molar-refractivity contribution is 5.76. The fraction of sp³-hybridized carbons (Fsp3) is 0.200. The first-order chi connectivity index (χ1) is 6.20. The maximum Gasteiger partial charge on any atom is 0.221 e. The average Bonchev–Trinajstić information content (AvgIpc) is 2.08. The third kappa shape index (κ3) is 3.07. The lowest BCUT2D eigenvalue weighted by Crippen LogP contribution is -2.07. The van der Waals surface area contributed by atoms with Gasteiger partial charge in [0.1, 0.15) is 0 Å². The van der Waals surface area contributed by atoms with Crippen molar-refractivity contribution in [1.29, 1.82) is 0 Å². The number of aromatic nitrogens is 1. The zero-order valence-electron chi connectivity index (χ0n) is 7.53. The van der Waals surface area contributed by atoms with Crippen LogP contribution in [0.15, 0.2) is 24.5 Å². The normalized spacial score (nSPS) is 10.5. The number of hydrogen-bond acceptors (Lipinski definition) is 2. The first-order valence-corrected chi connectivity index (χ1v) is 4.05. The largest absolute Gasteiger partial charge is 0.369 e. The number of primary amides is 1. The molecule has 0 saturated carbocycles. The minimum absolute atomic E-state index is 0.272. The lowest BCUT2D eigenvalue weighted by atomic mass is 10.1. The number of amides is 1. The summed E-state index contributed by atoms with van der Waals surface area (Å²) >= 11 is 0. The van der Waals surface area contributed by atoms with E-state index in [1.54, 1.807) is 18.5 Å². The number of carbonyl (C=O) groups excluding carboxylic acids is 1. The zero-order valence-corrected chi connectivity index (χ0v) is 7.53. The highest BCUT2D eigenvalue weighted by Gasteiger charge is 1.92. The fourth-order valence-electron chi connectivity index (χ4n) is 0.953. The minimum atomic E-state index is -0.321. The maximum atomic E-state index is 10.4. The standard InChI is InChI=1S/C10H12N2O/c1-8-5-6-12-7-9(8)3-2-4-10(11)13/h2-3,5-7H,4H2,1H3,(H2,11,13). The Kier molecular flexibility index (Phi) is 3.20. The molecule has 2 N–H and O–H groups in total.